The molecule has 0 atom stereocenters. The molecule has 3 aromatic heterocycles. The number of rotatable bonds is 5. The summed E-state index contributed by atoms with van der Waals surface area (Å²) in [5, 5.41) is 23.4. The van der Waals surface area contributed by atoms with E-state index in [0.29, 0.717) is 5.75 Å². The van der Waals surface area contributed by atoms with Crippen LogP contribution in [0.25, 0.3) is 4.96 Å². The van der Waals surface area contributed by atoms with Gasteiger partial charge in [-0.25, -0.2) is 0 Å². The van der Waals surface area contributed by atoms with Gasteiger partial charge in [0.15, 0.2) is 10.2 Å². The highest BCUT2D eigenvalue weighted by Crippen LogP contribution is 2.26. The van der Waals surface area contributed by atoms with Gasteiger partial charge in [0, 0.05) is 6.42 Å². The number of benzene rings is 1. The molecule has 0 aliphatic heterocycles. The van der Waals surface area contributed by atoms with E-state index in [4.69, 9.17) is 5.10 Å². The Hall–Kier alpha value is -1.84. The average Bonchev–Trinajstić information content (AvgIpc) is 3.25. The van der Waals surface area contributed by atoms with Crippen molar-refractivity contribution in [3.05, 3.63) is 50.7 Å². The summed E-state index contributed by atoms with van der Waals surface area (Å²) in [6.07, 6.45) is 0.817. The standard InChI is InChI=1S/C16H16N6S3/c1-9-4-5-12(6-10(9)2)7-14-21-22-13(18-19-15(22)25-14)8-23-16-20-17-11(3)24-16/h4-6H,7-8H2,1-3H3. The van der Waals surface area contributed by atoms with Crippen LogP contribution < -0.4 is 0 Å². The number of hydrogen-bond donors (Lipinski definition) is 0. The molecule has 4 rings (SSSR count). The lowest BCUT2D eigenvalue weighted by Crippen LogP contribution is -1.96. The first-order valence-corrected chi connectivity index (χ1v) is 10.4. The molecule has 0 aliphatic rings. The van der Waals surface area contributed by atoms with Crippen molar-refractivity contribution in [2.24, 2.45) is 0 Å². The van der Waals surface area contributed by atoms with Gasteiger partial charge in [-0.2, -0.15) is 9.61 Å². The van der Waals surface area contributed by atoms with Gasteiger partial charge >= 0.3 is 0 Å². The van der Waals surface area contributed by atoms with Gasteiger partial charge in [0.25, 0.3) is 0 Å². The highest BCUT2D eigenvalue weighted by molar-refractivity contribution is 8.00. The number of thioether (sulfide) groups is 1. The molecule has 0 N–H and O–H groups in total. The molecule has 128 valence electrons. The number of nitrogens with zero attached hydrogens (tertiary/aromatic N) is 6. The summed E-state index contributed by atoms with van der Waals surface area (Å²) < 4.78 is 2.79. The first kappa shape index (κ1) is 16.6. The second-order valence-corrected chi connectivity index (χ2v) is 9.22. The van der Waals surface area contributed by atoms with Crippen molar-refractivity contribution >= 4 is 39.4 Å². The van der Waals surface area contributed by atoms with Crippen molar-refractivity contribution in [2.75, 3.05) is 0 Å². The van der Waals surface area contributed by atoms with Crippen molar-refractivity contribution in [1.29, 1.82) is 0 Å². The van der Waals surface area contributed by atoms with Gasteiger partial charge in [0.1, 0.15) is 10.0 Å². The van der Waals surface area contributed by atoms with Crippen LogP contribution in [0.3, 0.4) is 0 Å². The summed E-state index contributed by atoms with van der Waals surface area (Å²) in [7, 11) is 0. The van der Waals surface area contributed by atoms with Gasteiger partial charge in [-0.3, -0.25) is 0 Å². The summed E-state index contributed by atoms with van der Waals surface area (Å²) in [6.45, 7) is 6.23. The summed E-state index contributed by atoms with van der Waals surface area (Å²) in [5.41, 5.74) is 3.89. The van der Waals surface area contributed by atoms with Gasteiger partial charge in [-0.1, -0.05) is 52.6 Å². The lowest BCUT2D eigenvalue weighted by Gasteiger charge is -2.03. The van der Waals surface area contributed by atoms with Crippen LogP contribution in [0.4, 0.5) is 0 Å². The second kappa shape index (κ2) is 6.81. The molecule has 25 heavy (non-hydrogen) atoms. The maximum atomic E-state index is 4.70. The molecule has 0 bridgehead atoms. The molecule has 0 spiro atoms. The topological polar surface area (TPSA) is 68.9 Å². The third-order valence-electron chi connectivity index (χ3n) is 3.86. The Labute approximate surface area is 157 Å². The molecule has 0 radical (unpaired) electrons. The summed E-state index contributed by atoms with van der Waals surface area (Å²) in [4.78, 5) is 0.836. The molecule has 4 aromatic rings. The third-order valence-corrected chi connectivity index (χ3v) is 6.72. The fourth-order valence-electron chi connectivity index (χ4n) is 2.41. The predicted molar refractivity (Wildman–Crippen MR) is 102 cm³/mol. The maximum Gasteiger partial charge on any atom is 0.234 e. The molecule has 6 nitrogen and oxygen atoms in total. The fraction of sp³-hybridized carbons (Fsp3) is 0.312. The molecule has 0 amide bonds. The lowest BCUT2D eigenvalue weighted by molar-refractivity contribution is 0.855. The summed E-state index contributed by atoms with van der Waals surface area (Å²) in [6, 6.07) is 6.56. The van der Waals surface area contributed by atoms with Gasteiger partial charge in [0.2, 0.25) is 4.96 Å². The van der Waals surface area contributed by atoms with E-state index in [1.807, 2.05) is 11.4 Å². The highest BCUT2D eigenvalue weighted by atomic mass is 32.2. The Balaban J connectivity index is 1.52. The predicted octanol–water partition coefficient (Wildman–Crippen LogP) is 3.85. The molecule has 0 aliphatic carbocycles. The second-order valence-electron chi connectivity index (χ2n) is 5.78. The Morgan fingerprint density at radius 2 is 1.88 bits per heavy atom. The molecule has 1 aromatic carbocycles. The average molecular weight is 389 g/mol. The smallest absolute Gasteiger partial charge is 0.186 e. The van der Waals surface area contributed by atoms with E-state index in [-0.39, 0.29) is 0 Å². The third kappa shape index (κ3) is 3.58. The quantitative estimate of drug-likeness (QED) is 0.484. The number of fused-ring (bicyclic) bond motifs is 1. The van der Waals surface area contributed by atoms with Crippen LogP contribution in [0.15, 0.2) is 22.5 Å². The van der Waals surface area contributed by atoms with E-state index in [0.717, 1.165) is 31.6 Å². The van der Waals surface area contributed by atoms with E-state index in [1.165, 1.54) is 16.7 Å². The van der Waals surface area contributed by atoms with Crippen molar-refractivity contribution < 1.29 is 0 Å². The lowest BCUT2D eigenvalue weighted by atomic mass is 10.0. The van der Waals surface area contributed by atoms with E-state index in [9.17, 15) is 0 Å². The largest absolute Gasteiger partial charge is 0.234 e. The molecule has 0 saturated heterocycles. The molecule has 3 heterocycles. The Bertz CT molecular complexity index is 1030. The van der Waals surface area contributed by atoms with Crippen LogP contribution in [-0.2, 0) is 12.2 Å². The number of aromatic nitrogens is 6. The van der Waals surface area contributed by atoms with Gasteiger partial charge in [0.05, 0.1) is 5.75 Å². The van der Waals surface area contributed by atoms with Crippen LogP contribution in [-0.4, -0.2) is 30.0 Å². The number of aryl methyl sites for hydroxylation is 3. The molecule has 0 saturated carbocycles. The van der Waals surface area contributed by atoms with Crippen LogP contribution in [0.2, 0.25) is 0 Å². The van der Waals surface area contributed by atoms with Crippen LogP contribution in [0.5, 0.6) is 0 Å². The number of hydrogen-bond acceptors (Lipinski definition) is 8. The normalized spacial score (nSPS) is 11.5. The zero-order valence-electron chi connectivity index (χ0n) is 14.1. The minimum Gasteiger partial charge on any atom is -0.186 e. The van der Waals surface area contributed by atoms with E-state index in [2.05, 4.69) is 52.4 Å². The van der Waals surface area contributed by atoms with Crippen molar-refractivity contribution in [2.45, 2.75) is 37.3 Å². The molecule has 0 unspecified atom stereocenters. The summed E-state index contributed by atoms with van der Waals surface area (Å²) >= 11 is 4.80. The maximum absolute atomic E-state index is 4.70. The minimum absolute atomic E-state index is 0.683. The zero-order chi connectivity index (χ0) is 17.4. The van der Waals surface area contributed by atoms with Crippen molar-refractivity contribution in [1.82, 2.24) is 30.0 Å². The Morgan fingerprint density at radius 1 is 1.00 bits per heavy atom. The van der Waals surface area contributed by atoms with E-state index >= 15 is 0 Å². The van der Waals surface area contributed by atoms with Gasteiger partial charge in [-0.15, -0.1) is 20.4 Å². The molecule has 9 heteroatoms. The highest BCUT2D eigenvalue weighted by Gasteiger charge is 2.13. The van der Waals surface area contributed by atoms with Crippen LogP contribution in [0, 0.1) is 20.8 Å². The fourth-order valence-corrected chi connectivity index (χ4v) is 5.02. The minimum atomic E-state index is 0.683. The first-order valence-electron chi connectivity index (χ1n) is 7.77. The van der Waals surface area contributed by atoms with Crippen LogP contribution in [0.1, 0.15) is 32.5 Å². The van der Waals surface area contributed by atoms with Crippen molar-refractivity contribution in [3.8, 4) is 0 Å². The first-order chi connectivity index (χ1) is 12.1. The monoisotopic (exact) mass is 388 g/mol. The zero-order valence-corrected chi connectivity index (χ0v) is 16.5. The van der Waals surface area contributed by atoms with Gasteiger partial charge < -0.3 is 0 Å². The van der Waals surface area contributed by atoms with E-state index in [1.54, 1.807) is 34.4 Å². The molecule has 0 fully saturated rings. The molecular formula is C16H16N6S3. The SMILES string of the molecule is Cc1nnc(SCc2nnc3sc(Cc4ccc(C)c(C)c4)nn23)s1. The van der Waals surface area contributed by atoms with Crippen molar-refractivity contribution in [3.63, 3.8) is 0 Å². The Morgan fingerprint density at radius 3 is 2.64 bits per heavy atom. The van der Waals surface area contributed by atoms with Gasteiger partial charge in [-0.05, 0) is 37.5 Å². The Kier molecular flexibility index (Phi) is 4.53. The van der Waals surface area contributed by atoms with Crippen LogP contribution >= 0.6 is 34.4 Å². The molecular weight excluding hydrogens is 372 g/mol. The summed E-state index contributed by atoms with van der Waals surface area (Å²) in [5.74, 6) is 1.53. The van der Waals surface area contributed by atoms with E-state index < -0.39 is 0 Å².